The predicted molar refractivity (Wildman–Crippen MR) is 75.3 cm³/mol. The zero-order valence-corrected chi connectivity index (χ0v) is 11.0. The van der Waals surface area contributed by atoms with Crippen molar-refractivity contribution in [1.82, 2.24) is 10.2 Å². The Labute approximate surface area is 114 Å². The molecule has 4 heteroatoms. The van der Waals surface area contributed by atoms with Crippen LogP contribution in [0.3, 0.4) is 0 Å². The van der Waals surface area contributed by atoms with Gasteiger partial charge in [0.1, 0.15) is 0 Å². The van der Waals surface area contributed by atoms with Gasteiger partial charge < -0.3 is 11.1 Å². The number of carbonyl (C=O) groups is 1. The Bertz CT molecular complexity index is 484. The summed E-state index contributed by atoms with van der Waals surface area (Å²) in [6.07, 6.45) is 0.583. The average Bonchev–Trinajstić information content (AvgIpc) is 2.63. The zero-order valence-electron chi connectivity index (χ0n) is 11.0. The molecule has 0 spiro atoms. The number of hydrogen-bond acceptors (Lipinski definition) is 3. The Hall–Kier alpha value is -1.83. The first-order valence-electron chi connectivity index (χ1n) is 6.55. The second kappa shape index (κ2) is 6.93. The maximum Gasteiger partial charge on any atom is 0.221 e. The molecule has 1 amide bonds. The Balaban J connectivity index is 1.93. The van der Waals surface area contributed by atoms with Crippen LogP contribution in [0, 0.1) is 11.8 Å². The number of carbonyl (C=O) groups excluding carboxylic acids is 1. The molecule has 0 radical (unpaired) electrons. The molecule has 0 bridgehead atoms. The molecule has 1 heterocycles. The zero-order chi connectivity index (χ0) is 13.5. The van der Waals surface area contributed by atoms with E-state index in [1.54, 1.807) is 0 Å². The van der Waals surface area contributed by atoms with Gasteiger partial charge in [0.2, 0.25) is 5.91 Å². The van der Waals surface area contributed by atoms with Crippen molar-refractivity contribution in [3.63, 3.8) is 0 Å². The fraction of sp³-hybridized carbons (Fsp3) is 0.400. The van der Waals surface area contributed by atoms with Gasteiger partial charge in [0.15, 0.2) is 0 Å². The van der Waals surface area contributed by atoms with Crippen molar-refractivity contribution in [3.05, 3.63) is 35.4 Å². The minimum atomic E-state index is 0.148. The third kappa shape index (κ3) is 4.40. The van der Waals surface area contributed by atoms with Crippen LogP contribution in [0.1, 0.15) is 17.5 Å². The number of amides is 1. The van der Waals surface area contributed by atoms with Gasteiger partial charge in [-0.2, -0.15) is 0 Å². The fourth-order valence-corrected chi connectivity index (χ4v) is 2.08. The molecular formula is C15H19N3O. The minimum Gasteiger partial charge on any atom is -0.355 e. The Morgan fingerprint density at radius 3 is 2.79 bits per heavy atom. The van der Waals surface area contributed by atoms with E-state index in [1.165, 1.54) is 5.56 Å². The third-order valence-corrected chi connectivity index (χ3v) is 3.10. The quantitative estimate of drug-likeness (QED) is 0.750. The van der Waals surface area contributed by atoms with Gasteiger partial charge in [-0.3, -0.25) is 9.69 Å². The molecule has 1 aliphatic heterocycles. The second-order valence-corrected chi connectivity index (χ2v) is 4.58. The number of rotatable bonds is 2. The average molecular weight is 257 g/mol. The molecule has 1 aromatic carbocycles. The van der Waals surface area contributed by atoms with Crippen molar-refractivity contribution in [2.45, 2.75) is 13.0 Å². The molecule has 0 aromatic heterocycles. The summed E-state index contributed by atoms with van der Waals surface area (Å²) >= 11 is 0. The summed E-state index contributed by atoms with van der Waals surface area (Å²) < 4.78 is 0. The van der Waals surface area contributed by atoms with Crippen LogP contribution in [-0.4, -0.2) is 37.0 Å². The minimum absolute atomic E-state index is 0.148. The lowest BCUT2D eigenvalue weighted by molar-refractivity contribution is -0.120. The van der Waals surface area contributed by atoms with Crippen molar-refractivity contribution < 1.29 is 4.79 Å². The van der Waals surface area contributed by atoms with Gasteiger partial charge in [-0.15, -0.1) is 0 Å². The number of nitrogens with two attached hydrogens (primary N) is 1. The Kier molecular flexibility index (Phi) is 4.96. The van der Waals surface area contributed by atoms with Crippen LogP contribution < -0.4 is 11.1 Å². The van der Waals surface area contributed by atoms with E-state index in [0.29, 0.717) is 13.0 Å². The van der Waals surface area contributed by atoms with Gasteiger partial charge in [-0.1, -0.05) is 24.0 Å². The van der Waals surface area contributed by atoms with Gasteiger partial charge >= 0.3 is 0 Å². The van der Waals surface area contributed by atoms with Crippen molar-refractivity contribution in [2.24, 2.45) is 5.73 Å². The molecule has 0 atom stereocenters. The molecule has 2 rings (SSSR count). The molecule has 19 heavy (non-hydrogen) atoms. The van der Waals surface area contributed by atoms with Crippen LogP contribution >= 0.6 is 0 Å². The maximum absolute atomic E-state index is 11.3. The number of nitrogens with zero attached hydrogens (tertiary/aromatic N) is 1. The predicted octanol–water partition coefficient (Wildman–Crippen LogP) is 0.319. The first kappa shape index (κ1) is 13.6. The van der Waals surface area contributed by atoms with Crippen LogP contribution in [0.2, 0.25) is 0 Å². The van der Waals surface area contributed by atoms with Gasteiger partial charge in [-0.05, 0) is 17.7 Å². The van der Waals surface area contributed by atoms with Gasteiger partial charge in [0, 0.05) is 38.2 Å². The molecule has 1 aliphatic rings. The monoisotopic (exact) mass is 257 g/mol. The highest BCUT2D eigenvalue weighted by molar-refractivity contribution is 5.76. The second-order valence-electron chi connectivity index (χ2n) is 4.58. The summed E-state index contributed by atoms with van der Waals surface area (Å²) in [6.45, 7) is 3.72. The van der Waals surface area contributed by atoms with Crippen LogP contribution in [0.4, 0.5) is 0 Å². The van der Waals surface area contributed by atoms with E-state index < -0.39 is 0 Å². The first-order chi connectivity index (χ1) is 9.28. The SMILES string of the molecule is NCC#Cc1ccc(CN2CCNC(=O)CC2)cc1. The summed E-state index contributed by atoms with van der Waals surface area (Å²) in [5.41, 5.74) is 7.57. The van der Waals surface area contributed by atoms with Gasteiger partial charge in [-0.25, -0.2) is 0 Å². The number of nitrogens with one attached hydrogen (secondary N) is 1. The van der Waals surface area contributed by atoms with Crippen molar-refractivity contribution >= 4 is 5.91 Å². The van der Waals surface area contributed by atoms with E-state index >= 15 is 0 Å². The largest absolute Gasteiger partial charge is 0.355 e. The molecule has 100 valence electrons. The van der Waals surface area contributed by atoms with E-state index in [-0.39, 0.29) is 5.91 Å². The van der Waals surface area contributed by atoms with Crippen LogP contribution in [-0.2, 0) is 11.3 Å². The highest BCUT2D eigenvalue weighted by atomic mass is 16.1. The van der Waals surface area contributed by atoms with Crippen LogP contribution in [0.25, 0.3) is 0 Å². The molecule has 4 nitrogen and oxygen atoms in total. The normalized spacial score (nSPS) is 16.2. The lowest BCUT2D eigenvalue weighted by Crippen LogP contribution is -2.28. The summed E-state index contributed by atoms with van der Waals surface area (Å²) in [4.78, 5) is 13.6. The summed E-state index contributed by atoms with van der Waals surface area (Å²) in [5, 5.41) is 2.88. The summed E-state index contributed by atoms with van der Waals surface area (Å²) in [6, 6.07) is 8.19. The standard InChI is InChI=1S/C15H19N3O/c16-8-1-2-13-3-5-14(6-4-13)12-18-10-7-15(19)17-9-11-18/h3-6H,7-12,16H2,(H,17,19). The van der Waals surface area contributed by atoms with Crippen molar-refractivity contribution in [2.75, 3.05) is 26.2 Å². The molecule has 0 unspecified atom stereocenters. The van der Waals surface area contributed by atoms with Crippen LogP contribution in [0.15, 0.2) is 24.3 Å². The smallest absolute Gasteiger partial charge is 0.221 e. The molecule has 0 saturated carbocycles. The Morgan fingerprint density at radius 1 is 1.26 bits per heavy atom. The van der Waals surface area contributed by atoms with E-state index in [4.69, 9.17) is 5.73 Å². The third-order valence-electron chi connectivity index (χ3n) is 3.10. The lowest BCUT2D eigenvalue weighted by Gasteiger charge is -2.18. The van der Waals surface area contributed by atoms with Crippen molar-refractivity contribution in [3.8, 4) is 11.8 Å². The van der Waals surface area contributed by atoms with E-state index in [1.807, 2.05) is 12.1 Å². The highest BCUT2D eigenvalue weighted by Gasteiger charge is 2.13. The number of hydrogen-bond donors (Lipinski definition) is 2. The Morgan fingerprint density at radius 2 is 2.05 bits per heavy atom. The molecule has 0 aliphatic carbocycles. The fourth-order valence-electron chi connectivity index (χ4n) is 2.08. The highest BCUT2D eigenvalue weighted by Crippen LogP contribution is 2.08. The first-order valence-corrected chi connectivity index (χ1v) is 6.55. The van der Waals surface area contributed by atoms with E-state index in [0.717, 1.165) is 31.7 Å². The van der Waals surface area contributed by atoms with E-state index in [9.17, 15) is 4.79 Å². The van der Waals surface area contributed by atoms with Gasteiger partial charge in [0.25, 0.3) is 0 Å². The van der Waals surface area contributed by atoms with Crippen LogP contribution in [0.5, 0.6) is 0 Å². The molecule has 1 saturated heterocycles. The van der Waals surface area contributed by atoms with E-state index in [2.05, 4.69) is 34.2 Å². The molecule has 1 fully saturated rings. The summed E-state index contributed by atoms with van der Waals surface area (Å²) in [5.74, 6) is 6.00. The van der Waals surface area contributed by atoms with Gasteiger partial charge in [0.05, 0.1) is 6.54 Å². The topological polar surface area (TPSA) is 58.4 Å². The van der Waals surface area contributed by atoms with Crippen molar-refractivity contribution in [1.29, 1.82) is 0 Å². The maximum atomic E-state index is 11.3. The lowest BCUT2D eigenvalue weighted by atomic mass is 10.1. The molecule has 1 aromatic rings. The summed E-state index contributed by atoms with van der Waals surface area (Å²) in [7, 11) is 0. The number of benzene rings is 1. The molecule has 3 N–H and O–H groups in total. The molecular weight excluding hydrogens is 238 g/mol.